The van der Waals surface area contributed by atoms with Gasteiger partial charge in [-0.2, -0.15) is 0 Å². The topological polar surface area (TPSA) is 43.6 Å². The maximum atomic E-state index is 5.02. The Morgan fingerprint density at radius 2 is 1.25 bits per heavy atom. The molecule has 8 rings (SSSR count). The lowest BCUT2D eigenvalue weighted by Gasteiger charge is -2.21. The number of benzene rings is 5. The Hall–Kier alpha value is -4.20. The van der Waals surface area contributed by atoms with Crippen molar-refractivity contribution in [2.75, 3.05) is 0 Å². The van der Waals surface area contributed by atoms with E-state index >= 15 is 0 Å². The van der Waals surface area contributed by atoms with Crippen molar-refractivity contribution in [3.63, 3.8) is 0 Å². The van der Waals surface area contributed by atoms with Crippen LogP contribution in [0.4, 0.5) is 0 Å². The summed E-state index contributed by atoms with van der Waals surface area (Å²) in [4.78, 5) is 17.3. The van der Waals surface area contributed by atoms with Crippen LogP contribution in [0.2, 0.25) is 0 Å². The van der Waals surface area contributed by atoms with Gasteiger partial charge in [0.25, 0.3) is 0 Å². The summed E-state index contributed by atoms with van der Waals surface area (Å²) < 4.78 is 3.47. The monoisotopic (exact) mass is 594 g/mol. The first-order chi connectivity index (χ1) is 19.6. The molecule has 0 N–H and O–H groups in total. The van der Waals surface area contributed by atoms with Gasteiger partial charge in [-0.3, -0.25) is 0 Å². The van der Waals surface area contributed by atoms with Crippen LogP contribution in [0.5, 0.6) is 0 Å². The van der Waals surface area contributed by atoms with Crippen molar-refractivity contribution in [3.05, 3.63) is 114 Å². The summed E-state index contributed by atoms with van der Waals surface area (Å²) in [5.74, 6) is 2.00. The predicted molar refractivity (Wildman–Crippen MR) is 170 cm³/mol. The quantitative estimate of drug-likeness (QED) is 0.199. The molecule has 1 aliphatic rings. The second kappa shape index (κ2) is 9.19. The third-order valence-corrected chi connectivity index (χ3v) is 8.89. The number of fused-ring (bicyclic) bond motifs is 5. The minimum absolute atomic E-state index is 0.665. The van der Waals surface area contributed by atoms with E-state index in [9.17, 15) is 0 Å². The molecular weight excluding hydrogens is 575 g/mol. The third kappa shape index (κ3) is 3.80. The Morgan fingerprint density at radius 1 is 0.600 bits per heavy atom. The molecule has 0 atom stereocenters. The average Bonchev–Trinajstić information content (AvgIpc) is 3.32. The molecule has 0 saturated heterocycles. The standard InChI is InChI=1S/C33H20BBrN4S/c34-22-11-13-26-24(17-22)25-15-21(16-29-30(25)39(26)27-14-12-23(35)18-28(27)40-29)33-37-31(19-7-3-1-4-8-19)36-32(38-33)20-9-5-2-6-10-20/h1-18H,34H2. The van der Waals surface area contributed by atoms with Gasteiger partial charge in [0.15, 0.2) is 17.5 Å². The fourth-order valence-electron chi connectivity index (χ4n) is 5.49. The van der Waals surface area contributed by atoms with Crippen LogP contribution in [0.3, 0.4) is 0 Å². The number of nitrogens with zero attached hydrogens (tertiary/aromatic N) is 4. The van der Waals surface area contributed by atoms with Gasteiger partial charge in [-0.25, -0.2) is 15.0 Å². The molecule has 0 bridgehead atoms. The zero-order valence-electron chi connectivity index (χ0n) is 21.5. The highest BCUT2D eigenvalue weighted by molar-refractivity contribution is 9.10. The highest BCUT2D eigenvalue weighted by atomic mass is 79.9. The normalized spacial score (nSPS) is 12.1. The maximum Gasteiger partial charge on any atom is 0.164 e. The van der Waals surface area contributed by atoms with E-state index in [2.05, 4.69) is 76.9 Å². The molecule has 4 nitrogen and oxygen atoms in total. The molecule has 0 fully saturated rings. The molecule has 0 aliphatic carbocycles. The van der Waals surface area contributed by atoms with Crippen LogP contribution < -0.4 is 5.46 Å². The fraction of sp³-hybridized carbons (Fsp3) is 0. The van der Waals surface area contributed by atoms with E-state index in [1.165, 1.54) is 42.7 Å². The van der Waals surface area contributed by atoms with Gasteiger partial charge in [-0.05, 0) is 36.4 Å². The van der Waals surface area contributed by atoms with Crippen LogP contribution in [0, 0.1) is 0 Å². The van der Waals surface area contributed by atoms with Crippen molar-refractivity contribution in [2.45, 2.75) is 9.79 Å². The highest BCUT2D eigenvalue weighted by Crippen LogP contribution is 2.48. The molecular formula is C33H20BBrN4S. The molecule has 7 aromatic rings. The van der Waals surface area contributed by atoms with Crippen LogP contribution >= 0.6 is 27.7 Å². The minimum Gasteiger partial charge on any atom is -0.307 e. The number of aromatic nitrogens is 4. The Kier molecular flexibility index (Phi) is 5.44. The van der Waals surface area contributed by atoms with E-state index < -0.39 is 0 Å². The van der Waals surface area contributed by atoms with Crippen LogP contribution in [0.1, 0.15) is 0 Å². The van der Waals surface area contributed by atoms with Crippen LogP contribution in [0.15, 0.2) is 123 Å². The van der Waals surface area contributed by atoms with Crippen LogP contribution in [-0.2, 0) is 0 Å². The lowest BCUT2D eigenvalue weighted by atomic mass is 9.94. The first kappa shape index (κ1) is 23.7. The Morgan fingerprint density at radius 3 is 1.93 bits per heavy atom. The molecule has 2 aromatic heterocycles. The zero-order chi connectivity index (χ0) is 26.8. The number of hydrogen-bond acceptors (Lipinski definition) is 4. The Labute approximate surface area is 244 Å². The van der Waals surface area contributed by atoms with Crippen LogP contribution in [0.25, 0.3) is 61.7 Å². The second-order valence-electron chi connectivity index (χ2n) is 9.98. The summed E-state index contributed by atoms with van der Waals surface area (Å²) >= 11 is 5.48. The van der Waals surface area contributed by atoms with Gasteiger partial charge < -0.3 is 4.57 Å². The SMILES string of the molecule is Bc1ccc2c(c1)c1cc(-c3nc(-c4ccccc4)nc(-c4ccccc4)n3)cc3c1n2-c1ccc(Br)cc1S3. The summed E-state index contributed by atoms with van der Waals surface area (Å²) in [6, 6.07) is 38.0. The fourth-order valence-corrected chi connectivity index (χ4v) is 7.18. The van der Waals surface area contributed by atoms with Gasteiger partial charge in [0.2, 0.25) is 0 Å². The van der Waals surface area contributed by atoms with E-state index in [1.807, 2.05) is 60.7 Å². The largest absolute Gasteiger partial charge is 0.307 e. The molecule has 0 saturated carbocycles. The Balaban J connectivity index is 1.43. The Bertz CT molecular complexity index is 2050. The summed E-state index contributed by atoms with van der Waals surface area (Å²) in [6.07, 6.45) is 0. The number of rotatable bonds is 3. The lowest BCUT2D eigenvalue weighted by Crippen LogP contribution is -2.03. The van der Waals surface area contributed by atoms with Crippen molar-refractivity contribution in [3.8, 4) is 39.9 Å². The van der Waals surface area contributed by atoms with Gasteiger partial charge in [0.05, 0.1) is 16.7 Å². The van der Waals surface area contributed by atoms with Crippen molar-refractivity contribution < 1.29 is 0 Å². The lowest BCUT2D eigenvalue weighted by molar-refractivity contribution is 1.07. The third-order valence-electron chi connectivity index (χ3n) is 7.32. The van der Waals surface area contributed by atoms with E-state index in [0.717, 1.165) is 21.2 Å². The molecule has 0 spiro atoms. The maximum absolute atomic E-state index is 5.02. The van der Waals surface area contributed by atoms with E-state index in [1.54, 1.807) is 11.8 Å². The summed E-state index contributed by atoms with van der Waals surface area (Å²) in [6.45, 7) is 0. The first-order valence-corrected chi connectivity index (χ1v) is 14.7. The molecule has 1 aliphatic heterocycles. The second-order valence-corrected chi connectivity index (χ2v) is 12.0. The molecule has 0 amide bonds. The van der Waals surface area contributed by atoms with E-state index in [-0.39, 0.29) is 0 Å². The molecule has 188 valence electrons. The number of halogens is 1. The van der Waals surface area contributed by atoms with Crippen molar-refractivity contribution >= 4 is 62.8 Å². The minimum atomic E-state index is 0.665. The van der Waals surface area contributed by atoms with Crippen LogP contribution in [-0.4, -0.2) is 27.4 Å². The summed E-state index contributed by atoms with van der Waals surface area (Å²) in [5, 5.41) is 2.44. The number of hydrogen-bond donors (Lipinski definition) is 0. The van der Waals surface area contributed by atoms with Gasteiger partial charge in [-0.15, -0.1) is 0 Å². The summed E-state index contributed by atoms with van der Waals surface area (Å²) in [5.41, 5.74) is 7.77. The molecule has 5 aromatic carbocycles. The van der Waals surface area contributed by atoms with Crippen molar-refractivity contribution in [1.29, 1.82) is 0 Å². The van der Waals surface area contributed by atoms with Gasteiger partial charge in [-0.1, -0.05) is 106 Å². The van der Waals surface area contributed by atoms with Gasteiger partial charge >= 0.3 is 0 Å². The zero-order valence-corrected chi connectivity index (χ0v) is 23.9. The smallest absolute Gasteiger partial charge is 0.164 e. The van der Waals surface area contributed by atoms with E-state index in [0.29, 0.717) is 17.5 Å². The van der Waals surface area contributed by atoms with Crippen molar-refractivity contribution in [2.24, 2.45) is 0 Å². The molecule has 0 unspecified atom stereocenters. The first-order valence-electron chi connectivity index (χ1n) is 13.1. The molecule has 7 heteroatoms. The molecule has 40 heavy (non-hydrogen) atoms. The van der Waals surface area contributed by atoms with Crippen molar-refractivity contribution in [1.82, 2.24) is 19.5 Å². The molecule has 3 heterocycles. The van der Waals surface area contributed by atoms with Gasteiger partial charge in [0.1, 0.15) is 7.85 Å². The average molecular weight is 595 g/mol. The highest BCUT2D eigenvalue weighted by Gasteiger charge is 2.25. The molecule has 0 radical (unpaired) electrons. The van der Waals surface area contributed by atoms with Gasteiger partial charge in [0, 0.05) is 41.7 Å². The summed E-state index contributed by atoms with van der Waals surface area (Å²) in [7, 11) is 2.15. The predicted octanol–water partition coefficient (Wildman–Crippen LogP) is 7.46. The van der Waals surface area contributed by atoms with E-state index in [4.69, 9.17) is 15.0 Å².